The molecule has 0 atom stereocenters. The predicted octanol–water partition coefficient (Wildman–Crippen LogP) is 3.86. The molecular weight excluding hydrogens is 277 g/mol. The number of ether oxygens (including phenoxy) is 1. The zero-order valence-electron chi connectivity index (χ0n) is 10.3. The Balaban J connectivity index is 2.03. The van der Waals surface area contributed by atoms with Gasteiger partial charge in [0.25, 0.3) is 0 Å². The Morgan fingerprint density at radius 2 is 2.12 bits per heavy atom. The molecule has 2 nitrogen and oxygen atoms in total. The Morgan fingerprint density at radius 1 is 1.35 bits per heavy atom. The fourth-order valence-corrected chi connectivity index (χ4v) is 2.91. The van der Waals surface area contributed by atoms with Crippen LogP contribution < -0.4 is 5.32 Å². The van der Waals surface area contributed by atoms with Gasteiger partial charge in [-0.05, 0) is 30.5 Å². The molecule has 0 radical (unpaired) electrons. The highest BCUT2D eigenvalue weighted by molar-refractivity contribution is 7.20. The van der Waals surface area contributed by atoms with E-state index in [1.807, 2.05) is 6.07 Å². The molecule has 0 saturated carbocycles. The summed E-state index contributed by atoms with van der Waals surface area (Å²) in [6.45, 7) is 7.75. The van der Waals surface area contributed by atoms with Gasteiger partial charge in [0.15, 0.2) is 0 Å². The second kappa shape index (κ2) is 8.33. The molecule has 0 amide bonds. The Morgan fingerprint density at radius 3 is 2.71 bits per heavy atom. The van der Waals surface area contributed by atoms with E-state index >= 15 is 0 Å². The zero-order chi connectivity index (χ0) is 12.7. The molecule has 17 heavy (non-hydrogen) atoms. The molecule has 0 saturated heterocycles. The van der Waals surface area contributed by atoms with E-state index in [-0.39, 0.29) is 0 Å². The second-order valence-electron chi connectivity index (χ2n) is 4.31. The minimum absolute atomic E-state index is 0.682. The third kappa shape index (κ3) is 6.63. The third-order valence-electron chi connectivity index (χ3n) is 2.22. The van der Waals surface area contributed by atoms with Crippen LogP contribution in [-0.2, 0) is 11.2 Å². The van der Waals surface area contributed by atoms with Crippen LogP contribution >= 0.6 is 34.5 Å². The number of hydrogen-bond donors (Lipinski definition) is 1. The number of nitrogens with one attached hydrogen (secondary N) is 1. The van der Waals surface area contributed by atoms with E-state index in [1.165, 1.54) is 11.3 Å². The monoisotopic (exact) mass is 295 g/mol. The maximum Gasteiger partial charge on any atom is 0.0977 e. The fourth-order valence-electron chi connectivity index (χ4n) is 1.36. The number of thiophene rings is 1. The molecule has 1 aromatic heterocycles. The molecule has 0 aliphatic carbocycles. The molecule has 1 heterocycles. The molecule has 0 aromatic carbocycles. The van der Waals surface area contributed by atoms with Crippen LogP contribution in [0.25, 0.3) is 0 Å². The van der Waals surface area contributed by atoms with Crippen LogP contribution in [0.2, 0.25) is 8.67 Å². The lowest BCUT2D eigenvalue weighted by molar-refractivity contribution is 0.138. The van der Waals surface area contributed by atoms with Crippen molar-refractivity contribution in [3.05, 3.63) is 20.3 Å². The van der Waals surface area contributed by atoms with E-state index in [1.54, 1.807) is 0 Å². The molecule has 0 aliphatic heterocycles. The highest BCUT2D eigenvalue weighted by atomic mass is 35.5. The molecule has 98 valence electrons. The average molecular weight is 296 g/mol. The number of halogens is 2. The fraction of sp³-hybridized carbons (Fsp3) is 0.667. The molecule has 0 unspecified atom stereocenters. The van der Waals surface area contributed by atoms with Crippen LogP contribution in [0.4, 0.5) is 0 Å². The molecular formula is C12H19Cl2NOS. The summed E-state index contributed by atoms with van der Waals surface area (Å²) < 4.78 is 7.04. The summed E-state index contributed by atoms with van der Waals surface area (Å²) >= 11 is 13.3. The van der Waals surface area contributed by atoms with Crippen molar-refractivity contribution in [2.75, 3.05) is 26.3 Å². The van der Waals surface area contributed by atoms with Gasteiger partial charge < -0.3 is 10.1 Å². The third-order valence-corrected chi connectivity index (χ3v) is 3.79. The van der Waals surface area contributed by atoms with Crippen molar-refractivity contribution in [2.45, 2.75) is 20.3 Å². The second-order valence-corrected chi connectivity index (χ2v) is 6.60. The quantitative estimate of drug-likeness (QED) is 0.736. The first kappa shape index (κ1) is 15.3. The van der Waals surface area contributed by atoms with Crippen molar-refractivity contribution in [1.29, 1.82) is 0 Å². The van der Waals surface area contributed by atoms with E-state index in [2.05, 4.69) is 19.2 Å². The van der Waals surface area contributed by atoms with Gasteiger partial charge in [-0.2, -0.15) is 0 Å². The van der Waals surface area contributed by atoms with Crippen molar-refractivity contribution in [3.63, 3.8) is 0 Å². The average Bonchev–Trinajstić information content (AvgIpc) is 2.55. The van der Waals surface area contributed by atoms with Crippen LogP contribution in [0.3, 0.4) is 0 Å². The van der Waals surface area contributed by atoms with Crippen molar-refractivity contribution in [3.8, 4) is 0 Å². The van der Waals surface area contributed by atoms with Crippen LogP contribution in [-0.4, -0.2) is 26.3 Å². The van der Waals surface area contributed by atoms with Crippen LogP contribution in [0.1, 0.15) is 19.4 Å². The lowest BCUT2D eigenvalue weighted by Crippen LogP contribution is -2.24. The van der Waals surface area contributed by atoms with E-state index in [9.17, 15) is 0 Å². The van der Waals surface area contributed by atoms with Crippen LogP contribution in [0.5, 0.6) is 0 Å². The van der Waals surface area contributed by atoms with Gasteiger partial charge >= 0.3 is 0 Å². The summed E-state index contributed by atoms with van der Waals surface area (Å²) in [5.41, 5.74) is 1.08. The van der Waals surface area contributed by atoms with Gasteiger partial charge in [0, 0.05) is 6.54 Å². The van der Waals surface area contributed by atoms with Crippen LogP contribution in [0.15, 0.2) is 6.07 Å². The molecule has 1 N–H and O–H groups in total. The van der Waals surface area contributed by atoms with Gasteiger partial charge in [0.05, 0.1) is 21.9 Å². The van der Waals surface area contributed by atoms with E-state index in [4.69, 9.17) is 27.9 Å². The Labute approximate surface area is 117 Å². The molecule has 0 fully saturated rings. The Hall–Kier alpha value is 0.200. The van der Waals surface area contributed by atoms with E-state index in [0.29, 0.717) is 12.5 Å². The lowest BCUT2D eigenvalue weighted by Gasteiger charge is -2.07. The van der Waals surface area contributed by atoms with E-state index < -0.39 is 0 Å². The first-order valence-corrected chi connectivity index (χ1v) is 7.39. The predicted molar refractivity (Wildman–Crippen MR) is 76.6 cm³/mol. The molecule has 5 heteroatoms. The van der Waals surface area contributed by atoms with Gasteiger partial charge in [-0.3, -0.25) is 0 Å². The van der Waals surface area contributed by atoms with Gasteiger partial charge in [-0.1, -0.05) is 37.0 Å². The van der Waals surface area contributed by atoms with Crippen molar-refractivity contribution in [1.82, 2.24) is 5.32 Å². The summed E-state index contributed by atoms with van der Waals surface area (Å²) in [4.78, 5) is 0. The smallest absolute Gasteiger partial charge is 0.0977 e. The highest BCUT2D eigenvalue weighted by Crippen LogP contribution is 2.31. The van der Waals surface area contributed by atoms with Crippen molar-refractivity contribution >= 4 is 34.5 Å². The van der Waals surface area contributed by atoms with Gasteiger partial charge in [-0.15, -0.1) is 11.3 Å². The molecule has 0 bridgehead atoms. The zero-order valence-corrected chi connectivity index (χ0v) is 12.6. The molecule has 0 spiro atoms. The number of hydrogen-bond acceptors (Lipinski definition) is 3. The Kier molecular flexibility index (Phi) is 7.47. The first-order valence-electron chi connectivity index (χ1n) is 5.81. The highest BCUT2D eigenvalue weighted by Gasteiger charge is 2.05. The number of rotatable bonds is 8. The standard InChI is InChI=1S/C12H19Cl2NOS/c1-9(2)8-15-4-6-16-5-3-10-7-11(13)17-12(10)14/h7,9,15H,3-6,8H2,1-2H3. The van der Waals surface area contributed by atoms with Gasteiger partial charge in [-0.25, -0.2) is 0 Å². The summed E-state index contributed by atoms with van der Waals surface area (Å²) in [5, 5.41) is 3.33. The maximum atomic E-state index is 6.01. The SMILES string of the molecule is CC(C)CNCCOCCc1cc(Cl)sc1Cl. The first-order chi connectivity index (χ1) is 8.09. The Bertz CT molecular complexity index is 328. The van der Waals surface area contributed by atoms with Gasteiger partial charge in [0.2, 0.25) is 0 Å². The minimum atomic E-state index is 0.682. The summed E-state index contributed by atoms with van der Waals surface area (Å²) in [7, 11) is 0. The summed E-state index contributed by atoms with van der Waals surface area (Å²) in [6, 6.07) is 1.91. The lowest BCUT2D eigenvalue weighted by atomic mass is 10.2. The van der Waals surface area contributed by atoms with Crippen LogP contribution in [0, 0.1) is 5.92 Å². The summed E-state index contributed by atoms with van der Waals surface area (Å²) in [5.74, 6) is 0.682. The molecule has 0 aliphatic rings. The minimum Gasteiger partial charge on any atom is -0.380 e. The van der Waals surface area contributed by atoms with E-state index in [0.717, 1.165) is 40.4 Å². The largest absolute Gasteiger partial charge is 0.380 e. The normalized spacial score (nSPS) is 11.4. The maximum absolute atomic E-state index is 6.01. The van der Waals surface area contributed by atoms with Crippen molar-refractivity contribution < 1.29 is 4.74 Å². The molecule has 1 rings (SSSR count). The van der Waals surface area contributed by atoms with Crippen molar-refractivity contribution in [2.24, 2.45) is 5.92 Å². The topological polar surface area (TPSA) is 21.3 Å². The summed E-state index contributed by atoms with van der Waals surface area (Å²) in [6.07, 6.45) is 0.826. The van der Waals surface area contributed by atoms with Gasteiger partial charge in [0.1, 0.15) is 0 Å². The molecule has 1 aromatic rings.